The lowest BCUT2D eigenvalue weighted by Gasteiger charge is -2.48. The van der Waals surface area contributed by atoms with Gasteiger partial charge in [0.1, 0.15) is 5.78 Å². The van der Waals surface area contributed by atoms with E-state index in [-0.39, 0.29) is 5.92 Å². The number of hydrogen-bond donors (Lipinski definition) is 0. The largest absolute Gasteiger partial charge is 0.299 e. The van der Waals surface area contributed by atoms with Crippen LogP contribution in [0.5, 0.6) is 0 Å². The zero-order valence-corrected chi connectivity index (χ0v) is 17.3. The highest BCUT2D eigenvalue weighted by atomic mass is 16.1. The molecule has 2 aromatic rings. The smallest absolute Gasteiger partial charge is 0.140 e. The lowest BCUT2D eigenvalue weighted by molar-refractivity contribution is -0.126. The number of carbonyl (C=O) groups excluding carboxylic acids is 1. The van der Waals surface area contributed by atoms with E-state index < -0.39 is 0 Å². The second-order valence-electron chi connectivity index (χ2n) is 9.10. The quantitative estimate of drug-likeness (QED) is 0.640. The normalized spacial score (nSPS) is 25.0. The Morgan fingerprint density at radius 1 is 0.929 bits per heavy atom. The van der Waals surface area contributed by atoms with Crippen LogP contribution in [-0.4, -0.2) is 22.8 Å². The van der Waals surface area contributed by atoms with E-state index in [9.17, 15) is 4.79 Å². The molecule has 2 heterocycles. The van der Waals surface area contributed by atoms with Crippen molar-refractivity contribution in [2.45, 2.75) is 76.9 Å². The maximum Gasteiger partial charge on any atom is 0.140 e. The maximum atomic E-state index is 13.1. The topological polar surface area (TPSA) is 20.3 Å². The summed E-state index contributed by atoms with van der Waals surface area (Å²) in [5.74, 6) is 1.23. The summed E-state index contributed by atoms with van der Waals surface area (Å²) in [7, 11) is 0. The van der Waals surface area contributed by atoms with Gasteiger partial charge in [0, 0.05) is 31.0 Å². The molecule has 2 aliphatic rings. The van der Waals surface area contributed by atoms with E-state index in [1.54, 1.807) is 0 Å². The van der Waals surface area contributed by atoms with Crippen LogP contribution in [0, 0.1) is 5.92 Å². The fourth-order valence-corrected chi connectivity index (χ4v) is 5.16. The Kier molecular flexibility index (Phi) is 5.96. The van der Waals surface area contributed by atoms with Crippen molar-refractivity contribution >= 4 is 5.78 Å². The van der Waals surface area contributed by atoms with Crippen molar-refractivity contribution in [3.63, 3.8) is 0 Å². The predicted molar refractivity (Wildman–Crippen MR) is 115 cm³/mol. The molecule has 2 aliphatic heterocycles. The molecular formula is C26H33NO. The first kappa shape index (κ1) is 19.4. The van der Waals surface area contributed by atoms with Crippen LogP contribution in [0.4, 0.5) is 0 Å². The minimum absolute atomic E-state index is 0.243. The second-order valence-corrected chi connectivity index (χ2v) is 9.10. The first-order valence-corrected chi connectivity index (χ1v) is 11.0. The van der Waals surface area contributed by atoms with E-state index in [4.69, 9.17) is 0 Å². The van der Waals surface area contributed by atoms with Gasteiger partial charge in [-0.2, -0.15) is 0 Å². The van der Waals surface area contributed by atoms with Crippen molar-refractivity contribution in [1.29, 1.82) is 0 Å². The standard InChI is InChI=1S/C26H33NO/c1-19(2)22-13-11-20(12-14-22)15-26(28)23-16-24-9-6-10-25(17-23)27(24)18-21-7-4-3-5-8-21/h3-5,7-8,11-14,19,23-25H,6,9-10,15-18H2,1-2H3. The molecule has 2 heteroatoms. The molecule has 2 unspecified atom stereocenters. The molecule has 0 saturated carbocycles. The summed E-state index contributed by atoms with van der Waals surface area (Å²) in [6.07, 6.45) is 6.50. The third kappa shape index (κ3) is 4.38. The van der Waals surface area contributed by atoms with Gasteiger partial charge in [0.05, 0.1) is 0 Å². The second kappa shape index (κ2) is 8.61. The number of fused-ring (bicyclic) bond motifs is 2. The Bertz CT molecular complexity index is 766. The highest BCUT2D eigenvalue weighted by molar-refractivity contribution is 5.83. The Labute approximate surface area is 170 Å². The van der Waals surface area contributed by atoms with Gasteiger partial charge in [-0.15, -0.1) is 0 Å². The summed E-state index contributed by atoms with van der Waals surface area (Å²) in [6, 6.07) is 20.6. The average Bonchev–Trinajstić information content (AvgIpc) is 2.69. The highest BCUT2D eigenvalue weighted by Gasteiger charge is 2.40. The van der Waals surface area contributed by atoms with Gasteiger partial charge < -0.3 is 0 Å². The van der Waals surface area contributed by atoms with Crippen LogP contribution in [0.15, 0.2) is 54.6 Å². The monoisotopic (exact) mass is 375 g/mol. The SMILES string of the molecule is CC(C)c1ccc(CC(=O)C2CC3CCCC(C2)N3Cc2ccccc2)cc1. The Hall–Kier alpha value is -1.93. The van der Waals surface area contributed by atoms with E-state index in [0.29, 0.717) is 30.2 Å². The molecule has 2 bridgehead atoms. The number of nitrogens with zero attached hydrogens (tertiary/aromatic N) is 1. The van der Waals surface area contributed by atoms with Crippen molar-refractivity contribution in [2.24, 2.45) is 5.92 Å². The fraction of sp³-hybridized carbons (Fsp3) is 0.500. The van der Waals surface area contributed by atoms with Crippen LogP contribution in [0.1, 0.15) is 68.6 Å². The number of carbonyl (C=O) groups is 1. The van der Waals surface area contributed by atoms with Crippen LogP contribution in [0.2, 0.25) is 0 Å². The molecule has 28 heavy (non-hydrogen) atoms. The number of hydrogen-bond acceptors (Lipinski definition) is 2. The zero-order chi connectivity index (χ0) is 19.5. The maximum absolute atomic E-state index is 13.1. The first-order valence-electron chi connectivity index (χ1n) is 11.0. The summed E-state index contributed by atoms with van der Waals surface area (Å²) >= 11 is 0. The van der Waals surface area contributed by atoms with Crippen LogP contribution in [0.3, 0.4) is 0 Å². The molecule has 148 valence electrons. The number of rotatable bonds is 6. The van der Waals surface area contributed by atoms with E-state index in [0.717, 1.165) is 19.4 Å². The van der Waals surface area contributed by atoms with Gasteiger partial charge >= 0.3 is 0 Å². The van der Waals surface area contributed by atoms with Gasteiger partial charge in [0.2, 0.25) is 0 Å². The summed E-state index contributed by atoms with van der Waals surface area (Å²) in [5, 5.41) is 0. The van der Waals surface area contributed by atoms with E-state index in [1.807, 2.05) is 0 Å². The molecule has 2 fully saturated rings. The highest BCUT2D eigenvalue weighted by Crippen LogP contribution is 2.38. The molecule has 0 aliphatic carbocycles. The van der Waals surface area contributed by atoms with E-state index >= 15 is 0 Å². The van der Waals surface area contributed by atoms with Gasteiger partial charge in [-0.25, -0.2) is 0 Å². The molecule has 0 radical (unpaired) electrons. The molecule has 4 rings (SSSR count). The first-order chi connectivity index (χ1) is 13.6. The molecule has 2 nitrogen and oxygen atoms in total. The summed E-state index contributed by atoms with van der Waals surface area (Å²) in [6.45, 7) is 5.46. The minimum Gasteiger partial charge on any atom is -0.299 e. The Morgan fingerprint density at radius 3 is 2.18 bits per heavy atom. The molecule has 2 saturated heterocycles. The van der Waals surface area contributed by atoms with Crippen molar-refractivity contribution < 1.29 is 4.79 Å². The number of benzene rings is 2. The number of ketones is 1. The summed E-state index contributed by atoms with van der Waals surface area (Å²) < 4.78 is 0. The summed E-state index contributed by atoms with van der Waals surface area (Å²) in [5.41, 5.74) is 3.92. The van der Waals surface area contributed by atoms with Crippen LogP contribution in [-0.2, 0) is 17.8 Å². The van der Waals surface area contributed by atoms with Crippen molar-refractivity contribution in [3.8, 4) is 0 Å². The van der Waals surface area contributed by atoms with Crippen molar-refractivity contribution in [2.75, 3.05) is 0 Å². The third-order valence-electron chi connectivity index (χ3n) is 6.81. The van der Waals surface area contributed by atoms with Gasteiger partial charge in [0.15, 0.2) is 0 Å². The fourth-order valence-electron chi connectivity index (χ4n) is 5.16. The van der Waals surface area contributed by atoms with Gasteiger partial charge in [-0.1, -0.05) is 74.9 Å². The number of Topliss-reactive ketones (excluding diaryl/α,β-unsaturated/α-hetero) is 1. The zero-order valence-electron chi connectivity index (χ0n) is 17.3. The Balaban J connectivity index is 1.40. The van der Waals surface area contributed by atoms with Gasteiger partial charge in [-0.3, -0.25) is 9.69 Å². The lowest BCUT2D eigenvalue weighted by Crippen LogP contribution is -2.52. The molecule has 2 aromatic carbocycles. The van der Waals surface area contributed by atoms with E-state index in [1.165, 1.54) is 36.0 Å². The minimum atomic E-state index is 0.243. The predicted octanol–water partition coefficient (Wildman–Crippen LogP) is 5.75. The molecule has 0 spiro atoms. The van der Waals surface area contributed by atoms with Gasteiger partial charge in [-0.05, 0) is 48.3 Å². The molecule has 0 N–H and O–H groups in total. The van der Waals surface area contributed by atoms with E-state index in [2.05, 4.69) is 73.3 Å². The summed E-state index contributed by atoms with van der Waals surface area (Å²) in [4.78, 5) is 15.8. The van der Waals surface area contributed by atoms with Crippen LogP contribution in [0.25, 0.3) is 0 Å². The van der Waals surface area contributed by atoms with Crippen molar-refractivity contribution in [3.05, 3.63) is 71.3 Å². The van der Waals surface area contributed by atoms with Gasteiger partial charge in [0.25, 0.3) is 0 Å². The molecule has 0 amide bonds. The average molecular weight is 376 g/mol. The number of piperidine rings is 2. The third-order valence-corrected chi connectivity index (χ3v) is 6.81. The van der Waals surface area contributed by atoms with Crippen LogP contribution < -0.4 is 0 Å². The van der Waals surface area contributed by atoms with Crippen molar-refractivity contribution in [1.82, 2.24) is 4.90 Å². The van der Waals surface area contributed by atoms with Crippen LogP contribution >= 0.6 is 0 Å². The Morgan fingerprint density at radius 2 is 1.57 bits per heavy atom. The molecule has 2 atom stereocenters. The molecular weight excluding hydrogens is 342 g/mol. The molecule has 0 aromatic heterocycles. The lowest BCUT2D eigenvalue weighted by atomic mass is 9.75.